The number of aliphatic carboxylic acids is 1. The molecule has 0 heterocycles. The monoisotopic (exact) mass is 189 g/mol. The van der Waals surface area contributed by atoms with Crippen LogP contribution in [0.5, 0.6) is 0 Å². The van der Waals surface area contributed by atoms with Crippen molar-refractivity contribution < 1.29 is 9.90 Å². The van der Waals surface area contributed by atoms with Gasteiger partial charge in [0.1, 0.15) is 5.54 Å². The minimum absolute atomic E-state index is 0.0995. The quantitative estimate of drug-likeness (QED) is 0.600. The second-order valence-electron chi connectivity index (χ2n) is 3.91. The highest BCUT2D eigenvalue weighted by Crippen LogP contribution is 2.52. The van der Waals surface area contributed by atoms with Crippen LogP contribution in [0.2, 0.25) is 0 Å². The number of rotatable bonds is 1. The third kappa shape index (κ3) is 0.783. The molecule has 2 rings (SSSR count). The highest BCUT2D eigenvalue weighted by Gasteiger charge is 2.60. The number of carboxylic acid groups (broad SMARTS) is 1. The molecule has 3 N–H and O–H groups in total. The maximum atomic E-state index is 10.9. The SMILES string of the molecule is N[C@@]1(C(=O)O)[C@H]2CC[C@@H](C2)[C@H]1Cl. The third-order valence-corrected chi connectivity index (χ3v) is 4.11. The fourth-order valence-corrected chi connectivity index (χ4v) is 3.12. The van der Waals surface area contributed by atoms with Crippen LogP contribution in [-0.2, 0) is 4.79 Å². The van der Waals surface area contributed by atoms with Gasteiger partial charge in [-0.05, 0) is 31.1 Å². The third-order valence-electron chi connectivity index (χ3n) is 3.39. The van der Waals surface area contributed by atoms with Gasteiger partial charge in [0, 0.05) is 0 Å². The minimum atomic E-state index is -1.15. The maximum Gasteiger partial charge on any atom is 0.325 e. The van der Waals surface area contributed by atoms with Gasteiger partial charge in [-0.25, -0.2) is 0 Å². The molecular weight excluding hydrogens is 178 g/mol. The summed E-state index contributed by atoms with van der Waals surface area (Å²) in [5.41, 5.74) is 4.65. The van der Waals surface area contributed by atoms with Gasteiger partial charge < -0.3 is 10.8 Å². The fourth-order valence-electron chi connectivity index (χ4n) is 2.62. The molecule has 2 aliphatic rings. The molecule has 4 atom stereocenters. The Labute approximate surface area is 75.9 Å². The van der Waals surface area contributed by atoms with Crippen molar-refractivity contribution in [2.24, 2.45) is 17.6 Å². The van der Waals surface area contributed by atoms with Crippen LogP contribution in [-0.4, -0.2) is 22.0 Å². The summed E-state index contributed by atoms with van der Waals surface area (Å²) in [5.74, 6) is -0.505. The Bertz CT molecular complexity index is 229. The summed E-state index contributed by atoms with van der Waals surface area (Å²) in [6, 6.07) is 0. The lowest BCUT2D eigenvalue weighted by molar-refractivity contribution is -0.145. The standard InChI is InChI=1S/C8H12ClNO2/c9-6-4-1-2-5(3-4)8(6,10)7(11)12/h4-6H,1-3,10H2,(H,11,12)/t4-,5-,6+,8-/m0/s1. The van der Waals surface area contributed by atoms with Crippen LogP contribution in [0.1, 0.15) is 19.3 Å². The normalized spacial score (nSPS) is 51.3. The van der Waals surface area contributed by atoms with Crippen LogP contribution >= 0.6 is 11.6 Å². The topological polar surface area (TPSA) is 63.3 Å². The molecule has 0 aromatic rings. The van der Waals surface area contributed by atoms with Crippen molar-refractivity contribution in [1.82, 2.24) is 0 Å². The number of nitrogens with two attached hydrogens (primary N) is 1. The molecule has 2 aliphatic carbocycles. The number of alkyl halides is 1. The molecular formula is C8H12ClNO2. The molecule has 0 radical (unpaired) electrons. The lowest BCUT2D eigenvalue weighted by Crippen LogP contribution is -2.58. The zero-order valence-corrected chi connectivity index (χ0v) is 7.42. The summed E-state index contributed by atoms with van der Waals surface area (Å²) < 4.78 is 0. The van der Waals surface area contributed by atoms with E-state index in [1.807, 2.05) is 0 Å². The van der Waals surface area contributed by atoms with E-state index in [1.165, 1.54) is 0 Å². The van der Waals surface area contributed by atoms with E-state index in [0.29, 0.717) is 5.92 Å². The zero-order valence-electron chi connectivity index (χ0n) is 6.66. The van der Waals surface area contributed by atoms with Crippen LogP contribution < -0.4 is 5.73 Å². The van der Waals surface area contributed by atoms with E-state index >= 15 is 0 Å². The maximum absolute atomic E-state index is 10.9. The molecule has 0 spiro atoms. The largest absolute Gasteiger partial charge is 0.480 e. The van der Waals surface area contributed by atoms with Gasteiger partial charge in [0.2, 0.25) is 0 Å². The Morgan fingerprint density at radius 2 is 2.25 bits per heavy atom. The van der Waals surface area contributed by atoms with Crippen molar-refractivity contribution in [3.8, 4) is 0 Å². The van der Waals surface area contributed by atoms with Gasteiger partial charge >= 0.3 is 5.97 Å². The Morgan fingerprint density at radius 1 is 1.58 bits per heavy atom. The molecule has 2 fully saturated rings. The number of hydrogen-bond donors (Lipinski definition) is 2. The van der Waals surface area contributed by atoms with Crippen LogP contribution in [0.15, 0.2) is 0 Å². The summed E-state index contributed by atoms with van der Waals surface area (Å²) in [7, 11) is 0. The van der Waals surface area contributed by atoms with Gasteiger partial charge in [-0.2, -0.15) is 0 Å². The summed E-state index contributed by atoms with van der Waals surface area (Å²) in [4.78, 5) is 10.9. The van der Waals surface area contributed by atoms with Gasteiger partial charge in [0.05, 0.1) is 5.38 Å². The van der Waals surface area contributed by atoms with Crippen LogP contribution in [0.4, 0.5) is 0 Å². The first kappa shape index (κ1) is 8.32. The lowest BCUT2D eigenvalue weighted by atomic mass is 9.81. The van der Waals surface area contributed by atoms with Crippen molar-refractivity contribution in [1.29, 1.82) is 0 Å². The average molecular weight is 190 g/mol. The molecule has 0 aromatic heterocycles. The first-order chi connectivity index (χ1) is 5.56. The second-order valence-corrected chi connectivity index (χ2v) is 4.38. The Balaban J connectivity index is 2.32. The Morgan fingerprint density at radius 3 is 2.58 bits per heavy atom. The van der Waals surface area contributed by atoms with E-state index in [-0.39, 0.29) is 11.3 Å². The van der Waals surface area contributed by atoms with Gasteiger partial charge in [-0.3, -0.25) is 4.79 Å². The van der Waals surface area contributed by atoms with Crippen molar-refractivity contribution in [2.45, 2.75) is 30.2 Å². The fraction of sp³-hybridized carbons (Fsp3) is 0.875. The number of carboxylic acids is 1. The van der Waals surface area contributed by atoms with Gasteiger partial charge in [-0.15, -0.1) is 11.6 Å². The minimum Gasteiger partial charge on any atom is -0.480 e. The van der Waals surface area contributed by atoms with Gasteiger partial charge in [-0.1, -0.05) is 0 Å². The smallest absolute Gasteiger partial charge is 0.325 e. The summed E-state index contributed by atoms with van der Waals surface area (Å²) >= 11 is 6.01. The Hall–Kier alpha value is -0.280. The summed E-state index contributed by atoms with van der Waals surface area (Å²) in [6.45, 7) is 0. The van der Waals surface area contributed by atoms with Crippen molar-refractivity contribution in [2.75, 3.05) is 0 Å². The van der Waals surface area contributed by atoms with Crippen molar-refractivity contribution >= 4 is 17.6 Å². The molecule has 2 saturated carbocycles. The predicted molar refractivity (Wildman–Crippen MR) is 45.0 cm³/mol. The molecule has 3 nitrogen and oxygen atoms in total. The van der Waals surface area contributed by atoms with E-state index in [0.717, 1.165) is 19.3 Å². The van der Waals surface area contributed by atoms with Crippen LogP contribution in [0.25, 0.3) is 0 Å². The molecule has 0 amide bonds. The van der Waals surface area contributed by atoms with E-state index in [9.17, 15) is 4.79 Å². The number of fused-ring (bicyclic) bond motifs is 2. The summed E-state index contributed by atoms with van der Waals surface area (Å²) in [6.07, 6.45) is 2.87. The predicted octanol–water partition coefficient (Wildman–Crippen LogP) is 0.806. The molecule has 0 saturated heterocycles. The molecule has 0 unspecified atom stereocenters. The highest BCUT2D eigenvalue weighted by molar-refractivity contribution is 6.24. The Kier molecular flexibility index (Phi) is 1.64. The first-order valence-electron chi connectivity index (χ1n) is 4.23. The number of halogens is 1. The van der Waals surface area contributed by atoms with Crippen molar-refractivity contribution in [3.05, 3.63) is 0 Å². The van der Waals surface area contributed by atoms with Gasteiger partial charge in [0.25, 0.3) is 0 Å². The van der Waals surface area contributed by atoms with Crippen LogP contribution in [0, 0.1) is 11.8 Å². The van der Waals surface area contributed by atoms with E-state index in [4.69, 9.17) is 22.4 Å². The molecule has 12 heavy (non-hydrogen) atoms. The number of carbonyl (C=O) groups is 1. The second kappa shape index (κ2) is 2.36. The molecule has 4 heteroatoms. The lowest BCUT2D eigenvalue weighted by Gasteiger charge is -2.33. The molecule has 2 bridgehead atoms. The average Bonchev–Trinajstić information content (AvgIpc) is 2.55. The first-order valence-corrected chi connectivity index (χ1v) is 4.66. The summed E-state index contributed by atoms with van der Waals surface area (Å²) in [5, 5.41) is 8.59. The molecule has 0 aromatic carbocycles. The van der Waals surface area contributed by atoms with Gasteiger partial charge in [0.15, 0.2) is 0 Å². The van der Waals surface area contributed by atoms with E-state index in [2.05, 4.69) is 0 Å². The molecule has 0 aliphatic heterocycles. The molecule has 68 valence electrons. The highest BCUT2D eigenvalue weighted by atomic mass is 35.5. The van der Waals surface area contributed by atoms with Crippen molar-refractivity contribution in [3.63, 3.8) is 0 Å². The van der Waals surface area contributed by atoms with E-state index < -0.39 is 11.5 Å². The van der Waals surface area contributed by atoms with Crippen LogP contribution in [0.3, 0.4) is 0 Å². The zero-order chi connectivity index (χ0) is 8.93. The number of hydrogen-bond acceptors (Lipinski definition) is 2. The van der Waals surface area contributed by atoms with E-state index in [1.54, 1.807) is 0 Å².